The summed E-state index contributed by atoms with van der Waals surface area (Å²) < 4.78 is 15.4. The Morgan fingerprint density at radius 1 is 0.913 bits per heavy atom. The van der Waals surface area contributed by atoms with Gasteiger partial charge in [0.05, 0.1) is 35.0 Å². The molecule has 0 fully saturated rings. The number of nitrogens with one attached hydrogen (secondary N) is 1. The highest BCUT2D eigenvalue weighted by Gasteiger charge is 2.14. The summed E-state index contributed by atoms with van der Waals surface area (Å²) in [4.78, 5) is 12.0. The lowest BCUT2D eigenvalue weighted by Gasteiger charge is -2.12. The zero-order chi connectivity index (χ0) is 17.0. The number of anilines is 1. The van der Waals surface area contributed by atoms with Gasteiger partial charge in [0.15, 0.2) is 5.75 Å². The number of hydrogen-bond acceptors (Lipinski definition) is 4. The largest absolute Gasteiger partial charge is 0.497 e. The molecule has 0 aliphatic carbocycles. The molecule has 0 spiro atoms. The Bertz CT molecular complexity index is 737. The Labute approximate surface area is 148 Å². The van der Waals surface area contributed by atoms with Crippen LogP contribution in [-0.2, 0) is 0 Å². The Balaban J connectivity index is 2.18. The van der Waals surface area contributed by atoms with Crippen LogP contribution < -0.4 is 19.5 Å². The van der Waals surface area contributed by atoms with Crippen LogP contribution in [0, 0.1) is 0 Å². The van der Waals surface area contributed by atoms with E-state index >= 15 is 0 Å². The van der Waals surface area contributed by atoms with E-state index in [0.29, 0.717) is 17.2 Å². The molecular weight excluding hydrogens is 365 g/mol. The first-order valence-corrected chi connectivity index (χ1v) is 7.43. The molecular formula is C15H12Cl3NO4. The van der Waals surface area contributed by atoms with Gasteiger partial charge in [-0.1, -0.05) is 34.8 Å². The number of amides is 1. The number of methoxy groups -OCH3 is 2. The predicted octanol–water partition coefficient (Wildman–Crippen LogP) is 5.27. The smallest absolute Gasteiger partial charge is 0.417 e. The second-order valence-electron chi connectivity index (χ2n) is 4.28. The summed E-state index contributed by atoms with van der Waals surface area (Å²) in [5.41, 5.74) is 0.382. The molecule has 2 aromatic rings. The minimum atomic E-state index is -0.767. The lowest BCUT2D eigenvalue weighted by Crippen LogP contribution is -2.17. The van der Waals surface area contributed by atoms with Crippen LogP contribution in [0.1, 0.15) is 0 Å². The van der Waals surface area contributed by atoms with E-state index in [1.54, 1.807) is 18.2 Å². The Kier molecular flexibility index (Phi) is 5.82. The van der Waals surface area contributed by atoms with Crippen molar-refractivity contribution >= 4 is 46.6 Å². The molecule has 0 atom stereocenters. The minimum absolute atomic E-state index is 0.0837. The van der Waals surface area contributed by atoms with E-state index in [1.807, 2.05) is 0 Å². The van der Waals surface area contributed by atoms with Gasteiger partial charge in [0.25, 0.3) is 0 Å². The van der Waals surface area contributed by atoms with Gasteiger partial charge in [-0.25, -0.2) is 4.79 Å². The van der Waals surface area contributed by atoms with Gasteiger partial charge in [0.2, 0.25) is 0 Å². The summed E-state index contributed by atoms with van der Waals surface area (Å²) in [5.74, 6) is 1.08. The minimum Gasteiger partial charge on any atom is -0.497 e. The van der Waals surface area contributed by atoms with E-state index in [9.17, 15) is 4.79 Å². The second-order valence-corrected chi connectivity index (χ2v) is 5.50. The Morgan fingerprint density at radius 3 is 2.26 bits per heavy atom. The first-order valence-electron chi connectivity index (χ1n) is 6.30. The lowest BCUT2D eigenvalue weighted by molar-refractivity contribution is 0.215. The first-order chi connectivity index (χ1) is 10.9. The van der Waals surface area contributed by atoms with Crippen molar-refractivity contribution in [1.29, 1.82) is 0 Å². The normalized spacial score (nSPS) is 10.1. The van der Waals surface area contributed by atoms with E-state index in [2.05, 4.69) is 5.32 Å². The van der Waals surface area contributed by atoms with Crippen molar-refractivity contribution in [2.24, 2.45) is 0 Å². The summed E-state index contributed by atoms with van der Waals surface area (Å²) in [6.45, 7) is 0. The molecule has 23 heavy (non-hydrogen) atoms. The van der Waals surface area contributed by atoms with Gasteiger partial charge in [-0.3, -0.25) is 5.32 Å². The van der Waals surface area contributed by atoms with Crippen LogP contribution in [0.3, 0.4) is 0 Å². The summed E-state index contributed by atoms with van der Waals surface area (Å²) >= 11 is 17.7. The van der Waals surface area contributed by atoms with Crippen molar-refractivity contribution in [2.75, 3.05) is 19.5 Å². The molecule has 1 N–H and O–H groups in total. The predicted molar refractivity (Wildman–Crippen MR) is 90.7 cm³/mol. The number of carbonyl (C=O) groups excluding carboxylic acids is 1. The van der Waals surface area contributed by atoms with Crippen molar-refractivity contribution in [2.45, 2.75) is 0 Å². The molecule has 1 amide bonds. The number of hydrogen-bond donors (Lipinski definition) is 1. The maximum atomic E-state index is 12.0. The standard InChI is InChI=1S/C15H12Cl3NO4/c1-21-8-3-4-13(22-2)12(5-8)19-15(20)23-14-7-10(17)9(16)6-11(14)18/h3-7H,1-2H3,(H,19,20). The first kappa shape index (κ1) is 17.5. The quantitative estimate of drug-likeness (QED) is 0.738. The molecule has 0 bridgehead atoms. The molecule has 0 saturated carbocycles. The van der Waals surface area contributed by atoms with Gasteiger partial charge >= 0.3 is 6.09 Å². The van der Waals surface area contributed by atoms with Crippen molar-refractivity contribution in [3.63, 3.8) is 0 Å². The maximum absolute atomic E-state index is 12.0. The number of carbonyl (C=O) groups is 1. The fourth-order valence-corrected chi connectivity index (χ4v) is 2.31. The second kappa shape index (κ2) is 7.64. The summed E-state index contributed by atoms with van der Waals surface area (Å²) in [6.07, 6.45) is -0.767. The van der Waals surface area contributed by atoms with Gasteiger partial charge < -0.3 is 14.2 Å². The van der Waals surface area contributed by atoms with Gasteiger partial charge in [0.1, 0.15) is 11.5 Å². The van der Waals surface area contributed by atoms with Crippen molar-refractivity contribution in [3.05, 3.63) is 45.4 Å². The molecule has 0 heterocycles. The summed E-state index contributed by atoms with van der Waals surface area (Å²) in [6, 6.07) is 7.69. The monoisotopic (exact) mass is 375 g/mol. The Morgan fingerprint density at radius 2 is 1.61 bits per heavy atom. The van der Waals surface area contributed by atoms with Crippen molar-refractivity contribution in [3.8, 4) is 17.2 Å². The fraction of sp³-hybridized carbons (Fsp3) is 0.133. The molecule has 5 nitrogen and oxygen atoms in total. The van der Waals surface area contributed by atoms with Gasteiger partial charge in [-0.05, 0) is 18.2 Å². The van der Waals surface area contributed by atoms with Crippen LogP contribution in [-0.4, -0.2) is 20.3 Å². The third-order valence-electron chi connectivity index (χ3n) is 2.82. The maximum Gasteiger partial charge on any atom is 0.417 e. The third kappa shape index (κ3) is 4.34. The van der Waals surface area contributed by atoms with Crippen LogP contribution in [0.25, 0.3) is 0 Å². The number of halogens is 3. The van der Waals surface area contributed by atoms with E-state index in [4.69, 9.17) is 49.0 Å². The molecule has 122 valence electrons. The van der Waals surface area contributed by atoms with Gasteiger partial charge in [0, 0.05) is 12.1 Å². The van der Waals surface area contributed by atoms with E-state index in [1.165, 1.54) is 26.4 Å². The average molecular weight is 377 g/mol. The molecule has 0 unspecified atom stereocenters. The van der Waals surface area contributed by atoms with Gasteiger partial charge in [-0.15, -0.1) is 0 Å². The van der Waals surface area contributed by atoms with Crippen LogP contribution in [0.5, 0.6) is 17.2 Å². The summed E-state index contributed by atoms with van der Waals surface area (Å²) in [5, 5.41) is 3.19. The average Bonchev–Trinajstić information content (AvgIpc) is 2.52. The van der Waals surface area contributed by atoms with Gasteiger partial charge in [-0.2, -0.15) is 0 Å². The number of benzene rings is 2. The highest BCUT2D eigenvalue weighted by Crippen LogP contribution is 2.34. The van der Waals surface area contributed by atoms with E-state index < -0.39 is 6.09 Å². The molecule has 0 aliphatic rings. The van der Waals surface area contributed by atoms with Crippen LogP contribution >= 0.6 is 34.8 Å². The summed E-state index contributed by atoms with van der Waals surface area (Å²) in [7, 11) is 2.99. The highest BCUT2D eigenvalue weighted by molar-refractivity contribution is 6.43. The van der Waals surface area contributed by atoms with Crippen molar-refractivity contribution < 1.29 is 19.0 Å². The molecule has 0 aliphatic heterocycles. The Hall–Kier alpha value is -1.82. The third-order valence-corrected chi connectivity index (χ3v) is 3.84. The zero-order valence-electron chi connectivity index (χ0n) is 12.2. The van der Waals surface area contributed by atoms with E-state index in [0.717, 1.165) is 0 Å². The molecule has 8 heteroatoms. The van der Waals surface area contributed by atoms with Crippen LogP contribution in [0.4, 0.5) is 10.5 Å². The molecule has 2 rings (SSSR count). The van der Waals surface area contributed by atoms with Crippen molar-refractivity contribution in [1.82, 2.24) is 0 Å². The topological polar surface area (TPSA) is 56.8 Å². The van der Waals surface area contributed by atoms with E-state index in [-0.39, 0.29) is 20.8 Å². The highest BCUT2D eigenvalue weighted by atomic mass is 35.5. The molecule has 0 aromatic heterocycles. The number of rotatable bonds is 4. The molecule has 0 saturated heterocycles. The SMILES string of the molecule is COc1ccc(OC)c(NC(=O)Oc2cc(Cl)c(Cl)cc2Cl)c1. The molecule has 0 radical (unpaired) electrons. The molecule has 2 aromatic carbocycles. The lowest BCUT2D eigenvalue weighted by atomic mass is 10.2. The zero-order valence-corrected chi connectivity index (χ0v) is 14.4. The number of ether oxygens (including phenoxy) is 3. The van der Waals surface area contributed by atoms with Crippen LogP contribution in [0.2, 0.25) is 15.1 Å². The van der Waals surface area contributed by atoms with Crippen LogP contribution in [0.15, 0.2) is 30.3 Å². The fourth-order valence-electron chi connectivity index (χ4n) is 1.73.